The van der Waals surface area contributed by atoms with E-state index in [0.717, 1.165) is 17.1 Å². The van der Waals surface area contributed by atoms with Crippen molar-refractivity contribution >= 4 is 17.7 Å². The van der Waals surface area contributed by atoms with Crippen LogP contribution in [0, 0.1) is 5.82 Å². The molecule has 0 radical (unpaired) electrons. The smallest absolute Gasteiger partial charge is 0.324 e. The first kappa shape index (κ1) is 19.3. The molecule has 0 amide bonds. The van der Waals surface area contributed by atoms with Gasteiger partial charge in [-0.15, -0.1) is 11.8 Å². The van der Waals surface area contributed by atoms with Crippen LogP contribution in [-0.4, -0.2) is 17.2 Å². The van der Waals surface area contributed by atoms with Crippen molar-refractivity contribution in [1.29, 1.82) is 0 Å². The second-order valence-electron chi connectivity index (χ2n) is 5.90. The Bertz CT molecular complexity index is 700. The number of hydrogen-bond acceptors (Lipinski definition) is 3. The van der Waals surface area contributed by atoms with Gasteiger partial charge in [-0.2, -0.15) is 0 Å². The molecule has 25 heavy (non-hydrogen) atoms. The van der Waals surface area contributed by atoms with Gasteiger partial charge >= 0.3 is 5.97 Å². The van der Waals surface area contributed by atoms with Crippen LogP contribution in [-0.2, 0) is 9.54 Å². The molecule has 1 N–H and O–H groups in total. The predicted molar refractivity (Wildman–Crippen MR) is 98.7 cm³/mol. The summed E-state index contributed by atoms with van der Waals surface area (Å²) in [5.41, 5.74) is 0.578. The van der Waals surface area contributed by atoms with E-state index in [1.54, 1.807) is 12.1 Å². The fourth-order valence-electron chi connectivity index (χ4n) is 2.48. The fraction of sp³-hybridized carbons (Fsp3) is 0.350. The largest absolute Gasteiger partial charge is 0.491 e. The van der Waals surface area contributed by atoms with Gasteiger partial charge < -0.3 is 9.84 Å². The highest BCUT2D eigenvalue weighted by atomic mass is 32.2. The summed E-state index contributed by atoms with van der Waals surface area (Å²) < 4.78 is 17.8. The van der Waals surface area contributed by atoms with Crippen molar-refractivity contribution < 1.29 is 19.0 Å². The molecule has 0 heterocycles. The van der Waals surface area contributed by atoms with Crippen molar-refractivity contribution in [2.45, 2.75) is 49.4 Å². The molecular formula is C20H23FO3S. The Morgan fingerprint density at radius 3 is 2.24 bits per heavy atom. The van der Waals surface area contributed by atoms with Crippen LogP contribution in [0.4, 0.5) is 4.39 Å². The van der Waals surface area contributed by atoms with Crippen LogP contribution in [0.15, 0.2) is 53.4 Å². The van der Waals surface area contributed by atoms with Gasteiger partial charge in [0, 0.05) is 4.90 Å². The van der Waals surface area contributed by atoms with E-state index in [4.69, 9.17) is 4.74 Å². The highest BCUT2D eigenvalue weighted by molar-refractivity contribution is 8.01. The third-order valence-corrected chi connectivity index (χ3v) is 5.74. The Labute approximate surface area is 152 Å². The van der Waals surface area contributed by atoms with Gasteiger partial charge in [0.25, 0.3) is 0 Å². The number of hydrogen-bond donors (Lipinski definition) is 1. The Morgan fingerprint density at radius 2 is 1.76 bits per heavy atom. The molecule has 0 bridgehead atoms. The first-order valence-corrected chi connectivity index (χ1v) is 9.18. The third kappa shape index (κ3) is 4.54. The zero-order valence-electron chi connectivity index (χ0n) is 14.7. The van der Waals surface area contributed by atoms with Crippen molar-refractivity contribution in [3.05, 3.63) is 59.9 Å². The highest BCUT2D eigenvalue weighted by Crippen LogP contribution is 2.44. The van der Waals surface area contributed by atoms with Crippen LogP contribution in [0.5, 0.6) is 5.75 Å². The van der Waals surface area contributed by atoms with Gasteiger partial charge in [0.1, 0.15) is 16.3 Å². The van der Waals surface area contributed by atoms with E-state index in [9.17, 15) is 14.3 Å². The average Bonchev–Trinajstić information content (AvgIpc) is 2.61. The lowest BCUT2D eigenvalue weighted by atomic mass is 9.95. The molecule has 0 aromatic heterocycles. The van der Waals surface area contributed by atoms with Gasteiger partial charge in [-0.05, 0) is 61.7 Å². The molecule has 3 nitrogen and oxygen atoms in total. The van der Waals surface area contributed by atoms with Crippen molar-refractivity contribution in [2.24, 2.45) is 0 Å². The van der Waals surface area contributed by atoms with E-state index in [1.165, 1.54) is 23.9 Å². The normalized spacial score (nSPS) is 14.6. The Hall–Kier alpha value is -2.01. The van der Waals surface area contributed by atoms with Gasteiger partial charge in [-0.1, -0.05) is 26.0 Å². The number of thioether (sulfide) groups is 1. The quantitative estimate of drug-likeness (QED) is 0.631. The van der Waals surface area contributed by atoms with Crippen molar-refractivity contribution in [1.82, 2.24) is 0 Å². The molecule has 2 rings (SSSR count). The van der Waals surface area contributed by atoms with E-state index in [1.807, 2.05) is 38.1 Å². The molecule has 0 spiro atoms. The lowest BCUT2D eigenvalue weighted by molar-refractivity contribution is -0.140. The summed E-state index contributed by atoms with van der Waals surface area (Å²) in [6.07, 6.45) is 1.43. The number of aliphatic carboxylic acids is 1. The summed E-state index contributed by atoms with van der Waals surface area (Å²) in [6, 6.07) is 13.1. The second-order valence-corrected chi connectivity index (χ2v) is 7.28. The molecule has 2 unspecified atom stereocenters. The number of halogens is 1. The van der Waals surface area contributed by atoms with Crippen molar-refractivity contribution in [3.8, 4) is 5.75 Å². The minimum absolute atomic E-state index is 0.131. The minimum atomic E-state index is -1.16. The van der Waals surface area contributed by atoms with Gasteiger partial charge in [0.15, 0.2) is 0 Å². The van der Waals surface area contributed by atoms with Crippen LogP contribution >= 0.6 is 11.8 Å². The van der Waals surface area contributed by atoms with Crippen LogP contribution in [0.25, 0.3) is 0 Å². The molecule has 0 saturated carbocycles. The molecule has 2 atom stereocenters. The zero-order valence-corrected chi connectivity index (χ0v) is 15.5. The maximum absolute atomic E-state index is 13.2. The molecule has 0 fully saturated rings. The van der Waals surface area contributed by atoms with Crippen molar-refractivity contribution in [3.63, 3.8) is 0 Å². The monoisotopic (exact) mass is 362 g/mol. The molecule has 134 valence electrons. The molecule has 0 saturated heterocycles. The summed E-state index contributed by atoms with van der Waals surface area (Å²) in [5, 5.41) is 9.87. The SMILES string of the molecule is CCC(C)Oc1ccc(SC(CC)(C(=O)O)c2ccc(F)cc2)cc1. The molecule has 0 aliphatic heterocycles. The molecule has 2 aromatic rings. The predicted octanol–water partition coefficient (Wildman–Crippen LogP) is 5.49. The van der Waals surface area contributed by atoms with Crippen LogP contribution < -0.4 is 4.74 Å². The summed E-state index contributed by atoms with van der Waals surface area (Å²) in [7, 11) is 0. The summed E-state index contributed by atoms with van der Waals surface area (Å²) in [5.74, 6) is -0.555. The molecule has 2 aromatic carbocycles. The van der Waals surface area contributed by atoms with E-state index in [0.29, 0.717) is 12.0 Å². The lowest BCUT2D eigenvalue weighted by Gasteiger charge is -2.28. The fourth-order valence-corrected chi connectivity index (χ4v) is 3.64. The topological polar surface area (TPSA) is 46.5 Å². The van der Waals surface area contributed by atoms with Crippen LogP contribution in [0.2, 0.25) is 0 Å². The Balaban J connectivity index is 2.28. The zero-order chi connectivity index (χ0) is 18.4. The Morgan fingerprint density at radius 1 is 1.16 bits per heavy atom. The minimum Gasteiger partial charge on any atom is -0.491 e. The molecule has 5 heteroatoms. The van der Waals surface area contributed by atoms with Crippen LogP contribution in [0.3, 0.4) is 0 Å². The summed E-state index contributed by atoms with van der Waals surface area (Å²) in [6.45, 7) is 5.88. The van der Waals surface area contributed by atoms with Gasteiger partial charge in [0.05, 0.1) is 6.10 Å². The maximum atomic E-state index is 13.2. The van der Waals surface area contributed by atoms with E-state index in [-0.39, 0.29) is 11.9 Å². The van der Waals surface area contributed by atoms with E-state index >= 15 is 0 Å². The standard InChI is InChI=1S/C20H23FO3S/c1-4-14(3)24-17-10-12-18(13-11-17)25-20(5-2,19(22)23)15-6-8-16(21)9-7-15/h6-14H,4-5H2,1-3H3,(H,22,23). The molecule has 0 aliphatic carbocycles. The maximum Gasteiger partial charge on any atom is 0.324 e. The molecular weight excluding hydrogens is 339 g/mol. The number of benzene rings is 2. The van der Waals surface area contributed by atoms with E-state index in [2.05, 4.69) is 6.92 Å². The van der Waals surface area contributed by atoms with Gasteiger partial charge in [-0.3, -0.25) is 4.79 Å². The summed E-state index contributed by atoms with van der Waals surface area (Å²) >= 11 is 1.26. The number of ether oxygens (including phenoxy) is 1. The number of carbonyl (C=O) groups is 1. The van der Waals surface area contributed by atoms with Crippen LogP contribution in [0.1, 0.15) is 39.2 Å². The summed E-state index contributed by atoms with van der Waals surface area (Å²) in [4.78, 5) is 12.9. The third-order valence-electron chi connectivity index (χ3n) is 4.18. The van der Waals surface area contributed by atoms with Crippen molar-refractivity contribution in [2.75, 3.05) is 0 Å². The highest BCUT2D eigenvalue weighted by Gasteiger charge is 2.40. The second kappa shape index (κ2) is 8.39. The average molecular weight is 362 g/mol. The first-order chi connectivity index (χ1) is 11.9. The van der Waals surface area contributed by atoms with Gasteiger partial charge in [-0.25, -0.2) is 4.39 Å². The number of rotatable bonds is 8. The first-order valence-electron chi connectivity index (χ1n) is 8.36. The van der Waals surface area contributed by atoms with Gasteiger partial charge in [0.2, 0.25) is 0 Å². The molecule has 0 aliphatic rings. The lowest BCUT2D eigenvalue weighted by Crippen LogP contribution is -2.31. The Kier molecular flexibility index (Phi) is 6.48. The number of carboxylic acid groups (broad SMARTS) is 1. The number of carboxylic acids is 1. The van der Waals surface area contributed by atoms with E-state index < -0.39 is 10.7 Å².